The Morgan fingerprint density at radius 2 is 2.20 bits per heavy atom. The lowest BCUT2D eigenvalue weighted by molar-refractivity contribution is 0.339. The number of hydrogen-bond donors (Lipinski definition) is 1. The maximum atomic E-state index is 5.78. The number of nitrogens with two attached hydrogens (primary N) is 1. The summed E-state index contributed by atoms with van der Waals surface area (Å²) in [5.74, 6) is 0.975. The van der Waals surface area contributed by atoms with E-state index in [4.69, 9.17) is 10.5 Å². The predicted octanol–water partition coefficient (Wildman–Crippen LogP) is 2.37. The Labute approximate surface area is 91.4 Å². The molecule has 0 aromatic heterocycles. The molecule has 0 heterocycles. The van der Waals surface area contributed by atoms with Crippen LogP contribution in [0.5, 0.6) is 5.75 Å². The van der Waals surface area contributed by atoms with Gasteiger partial charge in [-0.25, -0.2) is 0 Å². The summed E-state index contributed by atoms with van der Waals surface area (Å²) in [6.45, 7) is 3.55. The van der Waals surface area contributed by atoms with Gasteiger partial charge in [0.1, 0.15) is 5.75 Å². The van der Waals surface area contributed by atoms with Gasteiger partial charge in [0.15, 0.2) is 0 Å². The second-order valence-corrected chi connectivity index (χ2v) is 4.46. The summed E-state index contributed by atoms with van der Waals surface area (Å²) in [7, 11) is 0. The minimum absolute atomic E-state index is 0.408. The fourth-order valence-electron chi connectivity index (χ4n) is 1.97. The molecule has 0 bridgehead atoms. The highest BCUT2D eigenvalue weighted by Crippen LogP contribution is 2.47. The van der Waals surface area contributed by atoms with Gasteiger partial charge in [0.05, 0.1) is 6.61 Å². The predicted molar refractivity (Wildman–Crippen MR) is 62.0 cm³/mol. The Balaban J connectivity index is 2.05. The molecular weight excluding hydrogens is 186 g/mol. The molecule has 1 saturated carbocycles. The topological polar surface area (TPSA) is 35.2 Å². The van der Waals surface area contributed by atoms with E-state index in [1.54, 1.807) is 0 Å². The lowest BCUT2D eigenvalue weighted by Crippen LogP contribution is -2.17. The highest BCUT2D eigenvalue weighted by atomic mass is 16.5. The van der Waals surface area contributed by atoms with Gasteiger partial charge in [-0.3, -0.25) is 0 Å². The second kappa shape index (κ2) is 4.23. The van der Waals surface area contributed by atoms with E-state index in [0.29, 0.717) is 5.41 Å². The number of benzene rings is 1. The Morgan fingerprint density at radius 1 is 1.40 bits per heavy atom. The van der Waals surface area contributed by atoms with E-state index in [2.05, 4.69) is 18.2 Å². The van der Waals surface area contributed by atoms with Gasteiger partial charge in [0.25, 0.3) is 0 Å². The molecule has 2 rings (SSSR count). The van der Waals surface area contributed by atoms with Crippen LogP contribution in [0, 0.1) is 5.41 Å². The van der Waals surface area contributed by atoms with Crippen LogP contribution < -0.4 is 10.5 Å². The van der Waals surface area contributed by atoms with E-state index in [0.717, 1.165) is 25.3 Å². The summed E-state index contributed by atoms with van der Waals surface area (Å²) in [5, 5.41) is 0. The van der Waals surface area contributed by atoms with Crippen molar-refractivity contribution in [1.29, 1.82) is 0 Å². The standard InChI is InChI=1S/C13H19NO/c1-2-15-12-5-3-4-11(8-12)9-13(10-14)6-7-13/h3-5,8H,2,6-7,9-10,14H2,1H3. The van der Waals surface area contributed by atoms with Crippen molar-refractivity contribution in [2.75, 3.05) is 13.2 Å². The Morgan fingerprint density at radius 3 is 2.80 bits per heavy atom. The van der Waals surface area contributed by atoms with E-state index in [1.807, 2.05) is 13.0 Å². The Hall–Kier alpha value is -1.02. The molecule has 1 aromatic rings. The molecule has 0 saturated heterocycles. The summed E-state index contributed by atoms with van der Waals surface area (Å²) in [4.78, 5) is 0. The van der Waals surface area contributed by atoms with Crippen LogP contribution in [-0.4, -0.2) is 13.2 Å². The molecule has 15 heavy (non-hydrogen) atoms. The molecule has 0 aliphatic heterocycles. The van der Waals surface area contributed by atoms with Gasteiger partial charge >= 0.3 is 0 Å². The summed E-state index contributed by atoms with van der Waals surface area (Å²) < 4.78 is 5.48. The molecule has 0 amide bonds. The molecule has 0 atom stereocenters. The zero-order valence-corrected chi connectivity index (χ0v) is 9.33. The fourth-order valence-corrected chi connectivity index (χ4v) is 1.97. The first-order valence-electron chi connectivity index (χ1n) is 5.70. The third kappa shape index (κ3) is 2.51. The zero-order chi connectivity index (χ0) is 10.7. The van der Waals surface area contributed by atoms with E-state index >= 15 is 0 Å². The smallest absolute Gasteiger partial charge is 0.119 e. The van der Waals surface area contributed by atoms with E-state index in [-0.39, 0.29) is 0 Å². The van der Waals surface area contributed by atoms with Gasteiger partial charge in [0.2, 0.25) is 0 Å². The molecule has 0 unspecified atom stereocenters. The molecule has 1 fully saturated rings. The first-order valence-corrected chi connectivity index (χ1v) is 5.70. The average Bonchev–Trinajstić information content (AvgIpc) is 3.00. The fraction of sp³-hybridized carbons (Fsp3) is 0.538. The van der Waals surface area contributed by atoms with Crippen molar-refractivity contribution in [3.63, 3.8) is 0 Å². The van der Waals surface area contributed by atoms with E-state index < -0.39 is 0 Å². The molecule has 1 aliphatic carbocycles. The van der Waals surface area contributed by atoms with Crippen molar-refractivity contribution in [3.05, 3.63) is 29.8 Å². The normalized spacial score (nSPS) is 17.5. The largest absolute Gasteiger partial charge is 0.494 e. The summed E-state index contributed by atoms with van der Waals surface area (Å²) in [6, 6.07) is 8.37. The first kappa shape index (κ1) is 10.5. The van der Waals surface area contributed by atoms with Gasteiger partial charge in [-0.15, -0.1) is 0 Å². The third-order valence-electron chi connectivity index (χ3n) is 3.18. The lowest BCUT2D eigenvalue weighted by atomic mass is 9.97. The van der Waals surface area contributed by atoms with Gasteiger partial charge in [0, 0.05) is 0 Å². The van der Waals surface area contributed by atoms with Crippen LogP contribution in [0.25, 0.3) is 0 Å². The van der Waals surface area contributed by atoms with Crippen LogP contribution in [0.1, 0.15) is 25.3 Å². The Kier molecular flexibility index (Phi) is 2.96. The highest BCUT2D eigenvalue weighted by molar-refractivity contribution is 5.30. The zero-order valence-electron chi connectivity index (χ0n) is 9.33. The molecule has 2 N–H and O–H groups in total. The minimum atomic E-state index is 0.408. The molecule has 82 valence electrons. The summed E-state index contributed by atoms with van der Waals surface area (Å²) in [5.41, 5.74) is 7.54. The number of hydrogen-bond acceptors (Lipinski definition) is 2. The Bertz CT molecular complexity index is 331. The van der Waals surface area contributed by atoms with E-state index in [9.17, 15) is 0 Å². The van der Waals surface area contributed by atoms with Crippen molar-refractivity contribution in [3.8, 4) is 5.75 Å². The number of ether oxygens (including phenoxy) is 1. The maximum Gasteiger partial charge on any atom is 0.119 e. The second-order valence-electron chi connectivity index (χ2n) is 4.46. The SMILES string of the molecule is CCOc1cccc(CC2(CN)CC2)c1. The van der Waals surface area contributed by atoms with Crippen LogP contribution in [0.15, 0.2) is 24.3 Å². The molecular formula is C13H19NO. The molecule has 1 aromatic carbocycles. The van der Waals surface area contributed by atoms with Gasteiger partial charge < -0.3 is 10.5 Å². The van der Waals surface area contributed by atoms with Gasteiger partial charge in [-0.1, -0.05) is 12.1 Å². The first-order chi connectivity index (χ1) is 7.28. The van der Waals surface area contributed by atoms with Crippen molar-refractivity contribution in [2.45, 2.75) is 26.2 Å². The molecule has 2 nitrogen and oxygen atoms in total. The van der Waals surface area contributed by atoms with Gasteiger partial charge in [-0.05, 0) is 55.8 Å². The van der Waals surface area contributed by atoms with Crippen molar-refractivity contribution in [2.24, 2.45) is 11.1 Å². The highest BCUT2D eigenvalue weighted by Gasteiger charge is 2.40. The summed E-state index contributed by atoms with van der Waals surface area (Å²) >= 11 is 0. The van der Waals surface area contributed by atoms with Gasteiger partial charge in [-0.2, -0.15) is 0 Å². The molecule has 2 heteroatoms. The van der Waals surface area contributed by atoms with Crippen LogP contribution in [0.2, 0.25) is 0 Å². The molecule has 0 radical (unpaired) electrons. The molecule has 1 aliphatic rings. The van der Waals surface area contributed by atoms with Crippen molar-refractivity contribution in [1.82, 2.24) is 0 Å². The lowest BCUT2D eigenvalue weighted by Gasteiger charge is -2.12. The van der Waals surface area contributed by atoms with Crippen molar-refractivity contribution < 1.29 is 4.74 Å². The van der Waals surface area contributed by atoms with Crippen molar-refractivity contribution >= 4 is 0 Å². The van der Waals surface area contributed by atoms with Crippen LogP contribution in [0.3, 0.4) is 0 Å². The quantitative estimate of drug-likeness (QED) is 0.801. The van der Waals surface area contributed by atoms with E-state index in [1.165, 1.54) is 18.4 Å². The minimum Gasteiger partial charge on any atom is -0.494 e. The number of rotatable bonds is 5. The monoisotopic (exact) mass is 205 g/mol. The maximum absolute atomic E-state index is 5.78. The van der Waals surface area contributed by atoms with Crippen LogP contribution in [0.4, 0.5) is 0 Å². The molecule has 0 spiro atoms. The van der Waals surface area contributed by atoms with Crippen LogP contribution >= 0.6 is 0 Å². The van der Waals surface area contributed by atoms with Crippen LogP contribution in [-0.2, 0) is 6.42 Å². The third-order valence-corrected chi connectivity index (χ3v) is 3.18. The average molecular weight is 205 g/mol. The summed E-state index contributed by atoms with van der Waals surface area (Å²) in [6.07, 6.45) is 3.66.